The summed E-state index contributed by atoms with van der Waals surface area (Å²) in [5, 5.41) is 0. The molecule has 0 heterocycles. The van der Waals surface area contributed by atoms with Crippen LogP contribution in [0.2, 0.25) is 0 Å². The van der Waals surface area contributed by atoms with Gasteiger partial charge in [0.1, 0.15) is 12.4 Å². The highest BCUT2D eigenvalue weighted by Crippen LogP contribution is 2.48. The highest BCUT2D eigenvalue weighted by atomic mass is 19.4. The van der Waals surface area contributed by atoms with Crippen molar-refractivity contribution in [3.05, 3.63) is 29.8 Å². The number of rotatable bonds is 7. The minimum Gasteiger partial charge on any atom is -0.456 e. The number of hydrogen-bond donors (Lipinski definition) is 0. The zero-order valence-electron chi connectivity index (χ0n) is 14.9. The summed E-state index contributed by atoms with van der Waals surface area (Å²) < 4.78 is 183. The number of esters is 2. The van der Waals surface area contributed by atoms with Crippen LogP contribution < -0.4 is 4.74 Å². The molecule has 0 N–H and O–H groups in total. The first-order valence-electron chi connectivity index (χ1n) is 7.63. The number of carbonyl (C=O) groups is 2. The van der Waals surface area contributed by atoms with Gasteiger partial charge >= 0.3 is 48.0 Å². The standard InChI is InChI=1S/C15H6F14O4/c16-10(17,12(20,21)14(24,25)26)8(30)32-5-6-1-3-7(4-2-6)33-9(31)11(18,19)13(22,23)15(27,28)29/h1-4H,5H2. The second-order valence-corrected chi connectivity index (χ2v) is 5.90. The number of carbonyl (C=O) groups excluding carboxylic acids is 2. The van der Waals surface area contributed by atoms with Gasteiger partial charge in [0.2, 0.25) is 0 Å². The summed E-state index contributed by atoms with van der Waals surface area (Å²) in [4.78, 5) is 22.0. The van der Waals surface area contributed by atoms with Gasteiger partial charge in [0.15, 0.2) is 0 Å². The first-order chi connectivity index (χ1) is 14.5. The minimum absolute atomic E-state index is 0.380. The predicted octanol–water partition coefficient (Wildman–Crippen LogP) is 5.30. The second-order valence-electron chi connectivity index (χ2n) is 5.90. The summed E-state index contributed by atoms with van der Waals surface area (Å²) in [5.41, 5.74) is -0.526. The summed E-state index contributed by atoms with van der Waals surface area (Å²) in [6.45, 7) is -1.42. The van der Waals surface area contributed by atoms with Gasteiger partial charge in [-0.25, -0.2) is 9.59 Å². The fourth-order valence-electron chi connectivity index (χ4n) is 1.68. The van der Waals surface area contributed by atoms with Crippen LogP contribution in [-0.2, 0) is 20.9 Å². The SMILES string of the molecule is O=C(OCc1ccc(OC(=O)C(F)(F)C(F)(F)C(F)(F)F)cc1)C(F)(F)C(F)(F)C(F)(F)F. The van der Waals surface area contributed by atoms with Crippen LogP contribution in [0, 0.1) is 0 Å². The van der Waals surface area contributed by atoms with E-state index >= 15 is 0 Å². The lowest BCUT2D eigenvalue weighted by molar-refractivity contribution is -0.348. The van der Waals surface area contributed by atoms with E-state index in [9.17, 15) is 71.1 Å². The molecule has 33 heavy (non-hydrogen) atoms. The molecule has 188 valence electrons. The van der Waals surface area contributed by atoms with Gasteiger partial charge in [-0.1, -0.05) is 12.1 Å². The Morgan fingerprint density at radius 2 is 0.970 bits per heavy atom. The molecule has 4 nitrogen and oxygen atoms in total. The first-order valence-corrected chi connectivity index (χ1v) is 7.63. The second kappa shape index (κ2) is 8.51. The average Bonchev–Trinajstić information content (AvgIpc) is 2.64. The fourth-order valence-corrected chi connectivity index (χ4v) is 1.68. The molecule has 0 unspecified atom stereocenters. The van der Waals surface area contributed by atoms with Crippen LogP contribution in [0.1, 0.15) is 5.56 Å². The Hall–Kier alpha value is -2.82. The molecule has 0 aliphatic heterocycles. The predicted molar refractivity (Wildman–Crippen MR) is 73.8 cm³/mol. The lowest BCUT2D eigenvalue weighted by Crippen LogP contribution is -2.57. The molecule has 0 radical (unpaired) electrons. The monoisotopic (exact) mass is 516 g/mol. The van der Waals surface area contributed by atoms with Crippen molar-refractivity contribution in [2.24, 2.45) is 0 Å². The maximum Gasteiger partial charge on any atom is 0.460 e. The van der Waals surface area contributed by atoms with Crippen molar-refractivity contribution in [1.29, 1.82) is 0 Å². The summed E-state index contributed by atoms with van der Waals surface area (Å²) in [6, 6.07) is 1.81. The maximum absolute atomic E-state index is 13.1. The third-order valence-corrected chi connectivity index (χ3v) is 3.52. The van der Waals surface area contributed by atoms with Gasteiger partial charge in [-0.05, 0) is 17.7 Å². The molecule has 0 saturated carbocycles. The van der Waals surface area contributed by atoms with Crippen molar-refractivity contribution < 1.29 is 80.5 Å². The molecule has 0 saturated heterocycles. The molecule has 0 bridgehead atoms. The van der Waals surface area contributed by atoms with Crippen molar-refractivity contribution in [1.82, 2.24) is 0 Å². The quantitative estimate of drug-likeness (QED) is 0.281. The molecule has 0 fully saturated rings. The molecule has 18 heteroatoms. The molecule has 1 aromatic carbocycles. The van der Waals surface area contributed by atoms with Crippen LogP contribution in [0.3, 0.4) is 0 Å². The van der Waals surface area contributed by atoms with Crippen LogP contribution in [0.15, 0.2) is 24.3 Å². The van der Waals surface area contributed by atoms with Gasteiger partial charge < -0.3 is 9.47 Å². The van der Waals surface area contributed by atoms with Crippen LogP contribution in [0.4, 0.5) is 61.5 Å². The number of hydrogen-bond acceptors (Lipinski definition) is 4. The Morgan fingerprint density at radius 3 is 1.33 bits per heavy atom. The zero-order chi connectivity index (χ0) is 26.3. The smallest absolute Gasteiger partial charge is 0.456 e. The molecular weight excluding hydrogens is 510 g/mol. The Bertz CT molecular complexity index is 870. The third kappa shape index (κ3) is 5.23. The Kier molecular flexibility index (Phi) is 7.28. The van der Waals surface area contributed by atoms with E-state index in [0.29, 0.717) is 24.3 Å². The zero-order valence-corrected chi connectivity index (χ0v) is 14.9. The Balaban J connectivity index is 2.88. The number of alkyl halides is 14. The van der Waals surface area contributed by atoms with E-state index in [1.807, 2.05) is 0 Å². The highest BCUT2D eigenvalue weighted by Gasteiger charge is 2.78. The normalized spacial score (nSPS) is 14.1. The van der Waals surface area contributed by atoms with E-state index in [0.717, 1.165) is 0 Å². The molecule has 1 aromatic rings. The third-order valence-electron chi connectivity index (χ3n) is 3.52. The van der Waals surface area contributed by atoms with Gasteiger partial charge in [-0.2, -0.15) is 61.5 Å². The first kappa shape index (κ1) is 28.2. The van der Waals surface area contributed by atoms with Gasteiger partial charge in [-0.3, -0.25) is 0 Å². The lowest BCUT2D eigenvalue weighted by atomic mass is 10.1. The molecule has 0 spiro atoms. The molecule has 0 aliphatic rings. The summed E-state index contributed by atoms with van der Waals surface area (Å²) >= 11 is 0. The van der Waals surface area contributed by atoms with Gasteiger partial charge in [0.05, 0.1) is 0 Å². The number of benzene rings is 1. The van der Waals surface area contributed by atoms with Crippen molar-refractivity contribution in [2.45, 2.75) is 42.6 Å². The fraction of sp³-hybridized carbons (Fsp3) is 0.467. The van der Waals surface area contributed by atoms with Gasteiger partial charge in [-0.15, -0.1) is 0 Å². The molecule has 0 atom stereocenters. The molecule has 0 aromatic heterocycles. The van der Waals surface area contributed by atoms with Gasteiger partial charge in [0, 0.05) is 0 Å². The Morgan fingerprint density at radius 1 is 0.606 bits per heavy atom. The van der Waals surface area contributed by atoms with E-state index in [-0.39, 0.29) is 0 Å². The summed E-state index contributed by atoms with van der Waals surface area (Å²) in [6.07, 6.45) is -13.7. The van der Waals surface area contributed by atoms with E-state index < -0.39 is 65.9 Å². The topological polar surface area (TPSA) is 52.6 Å². The molecular formula is C15H6F14O4. The van der Waals surface area contributed by atoms with Crippen molar-refractivity contribution in [3.63, 3.8) is 0 Å². The van der Waals surface area contributed by atoms with Crippen LogP contribution in [-0.4, -0.2) is 48.0 Å². The van der Waals surface area contributed by atoms with Crippen LogP contribution in [0.25, 0.3) is 0 Å². The van der Waals surface area contributed by atoms with Crippen LogP contribution >= 0.6 is 0 Å². The highest BCUT2D eigenvalue weighted by molar-refractivity contribution is 5.81. The van der Waals surface area contributed by atoms with E-state index in [2.05, 4.69) is 9.47 Å². The van der Waals surface area contributed by atoms with E-state index in [1.165, 1.54) is 0 Å². The molecule has 1 rings (SSSR count). The number of ether oxygens (including phenoxy) is 2. The van der Waals surface area contributed by atoms with E-state index in [1.54, 1.807) is 0 Å². The Labute approximate surface area is 172 Å². The number of halogens is 14. The summed E-state index contributed by atoms with van der Waals surface area (Å²) in [7, 11) is 0. The van der Waals surface area contributed by atoms with Crippen molar-refractivity contribution in [2.75, 3.05) is 0 Å². The van der Waals surface area contributed by atoms with Crippen molar-refractivity contribution in [3.8, 4) is 5.75 Å². The molecule has 0 amide bonds. The van der Waals surface area contributed by atoms with Crippen LogP contribution in [0.5, 0.6) is 5.75 Å². The maximum atomic E-state index is 13.1. The molecule has 0 aliphatic carbocycles. The lowest BCUT2D eigenvalue weighted by Gasteiger charge is -2.26. The minimum atomic E-state index is -6.84. The average molecular weight is 516 g/mol. The largest absolute Gasteiger partial charge is 0.460 e. The van der Waals surface area contributed by atoms with E-state index in [4.69, 9.17) is 0 Å². The van der Waals surface area contributed by atoms with Gasteiger partial charge in [0.25, 0.3) is 0 Å². The van der Waals surface area contributed by atoms with Crippen molar-refractivity contribution >= 4 is 11.9 Å². The summed E-state index contributed by atoms with van der Waals surface area (Å²) in [5.74, 6) is -34.1.